The summed E-state index contributed by atoms with van der Waals surface area (Å²) in [6.07, 6.45) is 0. The zero-order valence-corrected chi connectivity index (χ0v) is 15.8. The van der Waals surface area contributed by atoms with Crippen molar-refractivity contribution in [1.82, 2.24) is 4.98 Å². The molecule has 0 atom stereocenters. The monoisotopic (exact) mass is 372 g/mol. The van der Waals surface area contributed by atoms with Crippen molar-refractivity contribution in [2.24, 2.45) is 0 Å². The molecule has 0 aliphatic heterocycles. The minimum Gasteiger partial charge on any atom is -0.495 e. The summed E-state index contributed by atoms with van der Waals surface area (Å²) in [7, 11) is 6.36. The lowest BCUT2D eigenvalue weighted by Gasteiger charge is -2.14. The maximum absolute atomic E-state index is 6.12. The average molecular weight is 372 g/mol. The molecule has 0 radical (unpaired) electrons. The maximum atomic E-state index is 6.12. The number of nitrogen functional groups attached to an aromatic ring is 1. The van der Waals surface area contributed by atoms with Crippen molar-refractivity contribution in [3.05, 3.63) is 36.4 Å². The van der Waals surface area contributed by atoms with Gasteiger partial charge in [-0.15, -0.1) is 0 Å². The van der Waals surface area contributed by atoms with Gasteiger partial charge in [0.2, 0.25) is 5.75 Å². The molecule has 2 N–H and O–H groups in total. The normalized spacial score (nSPS) is 10.6. The zero-order valence-electron chi connectivity index (χ0n) is 15.0. The predicted octanol–water partition coefficient (Wildman–Crippen LogP) is 4.00. The van der Waals surface area contributed by atoms with Crippen LogP contribution in [0.3, 0.4) is 0 Å². The number of nitrogens with zero attached hydrogens (tertiary/aromatic N) is 1. The van der Waals surface area contributed by atoms with Crippen LogP contribution in [0, 0.1) is 0 Å². The Morgan fingerprint density at radius 1 is 0.808 bits per heavy atom. The van der Waals surface area contributed by atoms with Gasteiger partial charge in [0, 0.05) is 10.3 Å². The van der Waals surface area contributed by atoms with Crippen molar-refractivity contribution in [3.8, 4) is 23.0 Å². The molecule has 7 heteroatoms. The Morgan fingerprint density at radius 2 is 1.46 bits per heavy atom. The van der Waals surface area contributed by atoms with Crippen LogP contribution in [-0.2, 0) is 0 Å². The number of anilines is 1. The summed E-state index contributed by atoms with van der Waals surface area (Å²) in [4.78, 5) is 5.60. The molecule has 0 fully saturated rings. The second-order valence-corrected chi connectivity index (χ2v) is 6.45. The van der Waals surface area contributed by atoms with Crippen LogP contribution in [0.4, 0.5) is 5.69 Å². The number of nitrogens with two attached hydrogens (primary N) is 1. The van der Waals surface area contributed by atoms with Gasteiger partial charge in [-0.25, -0.2) is 4.98 Å². The number of hydrogen-bond donors (Lipinski definition) is 1. The molecule has 1 aromatic heterocycles. The molecule has 3 aromatic rings. The molecule has 26 heavy (non-hydrogen) atoms. The van der Waals surface area contributed by atoms with Gasteiger partial charge in [0.15, 0.2) is 11.5 Å². The van der Waals surface area contributed by atoms with E-state index in [0.717, 1.165) is 20.8 Å². The Labute approximate surface area is 156 Å². The van der Waals surface area contributed by atoms with Crippen molar-refractivity contribution < 1.29 is 18.9 Å². The number of hydrogen-bond acceptors (Lipinski definition) is 7. The standard InChI is InChI=1S/C19H20N2O4S/c1-22-14-7-6-13-12(18(14)20)5-8-17(21-13)26-11-9-15(23-2)19(25-4)16(10-11)24-3/h5-10H,20H2,1-4H3. The molecule has 0 amide bonds. The predicted molar refractivity (Wildman–Crippen MR) is 103 cm³/mol. The third-order valence-electron chi connectivity index (χ3n) is 3.93. The first-order chi connectivity index (χ1) is 12.6. The summed E-state index contributed by atoms with van der Waals surface area (Å²) in [5, 5.41) is 1.69. The highest BCUT2D eigenvalue weighted by Gasteiger charge is 2.14. The van der Waals surface area contributed by atoms with Gasteiger partial charge < -0.3 is 24.7 Å². The molecule has 0 saturated heterocycles. The second-order valence-electron chi connectivity index (χ2n) is 5.36. The smallest absolute Gasteiger partial charge is 0.203 e. The number of rotatable bonds is 6. The summed E-state index contributed by atoms with van der Waals surface area (Å²) in [6, 6.07) is 11.4. The van der Waals surface area contributed by atoms with Gasteiger partial charge in [-0.3, -0.25) is 0 Å². The first-order valence-electron chi connectivity index (χ1n) is 7.82. The van der Waals surface area contributed by atoms with Crippen LogP contribution in [0.5, 0.6) is 23.0 Å². The highest BCUT2D eigenvalue weighted by Crippen LogP contribution is 2.42. The number of aromatic nitrogens is 1. The zero-order chi connectivity index (χ0) is 18.7. The van der Waals surface area contributed by atoms with Crippen LogP contribution in [0.25, 0.3) is 10.9 Å². The van der Waals surface area contributed by atoms with Crippen molar-refractivity contribution in [3.63, 3.8) is 0 Å². The molecule has 0 aliphatic carbocycles. The number of ether oxygens (including phenoxy) is 4. The molecule has 0 unspecified atom stereocenters. The van der Waals surface area contributed by atoms with Crippen LogP contribution in [0.15, 0.2) is 46.3 Å². The maximum Gasteiger partial charge on any atom is 0.203 e. The van der Waals surface area contributed by atoms with E-state index in [1.54, 1.807) is 28.4 Å². The van der Waals surface area contributed by atoms with Gasteiger partial charge in [-0.1, -0.05) is 11.8 Å². The van der Waals surface area contributed by atoms with Crippen molar-refractivity contribution in [2.75, 3.05) is 34.2 Å². The number of pyridine rings is 1. The van der Waals surface area contributed by atoms with E-state index in [-0.39, 0.29) is 0 Å². The topological polar surface area (TPSA) is 75.8 Å². The lowest BCUT2D eigenvalue weighted by molar-refractivity contribution is 0.323. The molecular formula is C19H20N2O4S. The van der Waals surface area contributed by atoms with Crippen LogP contribution in [0.2, 0.25) is 0 Å². The summed E-state index contributed by atoms with van der Waals surface area (Å²) in [5.74, 6) is 2.41. The number of fused-ring (bicyclic) bond motifs is 1. The Bertz CT molecular complexity index is 921. The lowest BCUT2D eigenvalue weighted by atomic mass is 10.2. The van der Waals surface area contributed by atoms with E-state index in [1.165, 1.54) is 11.8 Å². The molecule has 3 rings (SSSR count). The molecule has 1 heterocycles. The molecule has 0 bridgehead atoms. The fourth-order valence-electron chi connectivity index (χ4n) is 2.66. The Balaban J connectivity index is 1.98. The summed E-state index contributed by atoms with van der Waals surface area (Å²) >= 11 is 1.50. The molecular weight excluding hydrogens is 352 g/mol. The lowest BCUT2D eigenvalue weighted by Crippen LogP contribution is -1.96. The van der Waals surface area contributed by atoms with Gasteiger partial charge in [0.25, 0.3) is 0 Å². The molecule has 0 spiro atoms. The van der Waals surface area contributed by atoms with E-state index in [2.05, 4.69) is 4.98 Å². The van der Waals surface area contributed by atoms with E-state index < -0.39 is 0 Å². The van der Waals surface area contributed by atoms with Gasteiger partial charge >= 0.3 is 0 Å². The van der Waals surface area contributed by atoms with Crippen molar-refractivity contribution in [2.45, 2.75) is 9.92 Å². The quantitative estimate of drug-likeness (QED) is 0.655. The third kappa shape index (κ3) is 3.30. The van der Waals surface area contributed by atoms with Crippen LogP contribution < -0.4 is 24.7 Å². The van der Waals surface area contributed by atoms with E-state index in [4.69, 9.17) is 24.7 Å². The molecule has 0 aliphatic rings. The Hall–Kier alpha value is -2.80. The van der Waals surface area contributed by atoms with Crippen molar-refractivity contribution >= 4 is 28.4 Å². The molecule has 0 saturated carbocycles. The fraction of sp³-hybridized carbons (Fsp3) is 0.211. The summed E-state index contributed by atoms with van der Waals surface area (Å²) in [6.45, 7) is 0. The first kappa shape index (κ1) is 18.0. The SMILES string of the molecule is COc1cc(Sc2ccc3c(N)c(OC)ccc3n2)cc(OC)c1OC. The number of methoxy groups -OCH3 is 4. The summed E-state index contributed by atoms with van der Waals surface area (Å²) < 4.78 is 21.4. The van der Waals surface area contributed by atoms with Crippen LogP contribution in [0.1, 0.15) is 0 Å². The van der Waals surface area contributed by atoms with Gasteiger partial charge in [0.1, 0.15) is 10.8 Å². The highest BCUT2D eigenvalue weighted by molar-refractivity contribution is 7.99. The molecule has 6 nitrogen and oxygen atoms in total. The van der Waals surface area contributed by atoms with E-state index in [1.807, 2.05) is 36.4 Å². The minimum absolute atomic E-state index is 0.561. The third-order valence-corrected chi connectivity index (χ3v) is 4.84. The minimum atomic E-state index is 0.561. The average Bonchev–Trinajstić information content (AvgIpc) is 2.67. The Morgan fingerprint density at radius 3 is 2.04 bits per heavy atom. The van der Waals surface area contributed by atoms with E-state index in [0.29, 0.717) is 28.7 Å². The van der Waals surface area contributed by atoms with Crippen LogP contribution in [-0.4, -0.2) is 33.4 Å². The molecule has 2 aromatic carbocycles. The first-order valence-corrected chi connectivity index (χ1v) is 8.64. The highest BCUT2D eigenvalue weighted by atomic mass is 32.2. The number of benzene rings is 2. The molecule has 136 valence electrons. The van der Waals surface area contributed by atoms with E-state index >= 15 is 0 Å². The second kappa shape index (κ2) is 7.61. The van der Waals surface area contributed by atoms with Crippen LogP contribution >= 0.6 is 11.8 Å². The van der Waals surface area contributed by atoms with Gasteiger partial charge in [-0.2, -0.15) is 0 Å². The largest absolute Gasteiger partial charge is 0.495 e. The fourth-order valence-corrected chi connectivity index (χ4v) is 3.51. The van der Waals surface area contributed by atoms with Crippen molar-refractivity contribution in [1.29, 1.82) is 0 Å². The Kier molecular flexibility index (Phi) is 5.27. The van der Waals surface area contributed by atoms with Gasteiger partial charge in [-0.05, 0) is 36.4 Å². The van der Waals surface area contributed by atoms with E-state index in [9.17, 15) is 0 Å². The van der Waals surface area contributed by atoms with Gasteiger partial charge in [0.05, 0.1) is 39.6 Å². The summed E-state index contributed by atoms with van der Waals surface area (Å²) in [5.41, 5.74) is 7.51.